The summed E-state index contributed by atoms with van der Waals surface area (Å²) in [6.45, 7) is 42.5. The fourth-order valence-corrected chi connectivity index (χ4v) is 16.0. The molecule has 1 fully saturated rings. The van der Waals surface area contributed by atoms with Crippen LogP contribution in [0.4, 0.5) is 32.7 Å². The molecule has 2 aromatic carbocycles. The van der Waals surface area contributed by atoms with Crippen LogP contribution in [0.25, 0.3) is 0 Å². The lowest BCUT2D eigenvalue weighted by atomic mass is 10.1. The molecule has 0 saturated carbocycles. The normalized spacial score (nSPS) is 12.6. The molecule has 10 heterocycles. The van der Waals surface area contributed by atoms with Crippen LogP contribution in [-0.4, -0.2) is 166 Å². The number of ether oxygens (including phenoxy) is 3. The van der Waals surface area contributed by atoms with Gasteiger partial charge in [-0.3, -0.25) is 43.2 Å². The lowest BCUT2D eigenvalue weighted by Gasteiger charge is -2.36. The number of aromatic nitrogens is 9. The molecule has 139 heavy (non-hydrogen) atoms. The van der Waals surface area contributed by atoms with Crippen molar-refractivity contribution in [3.05, 3.63) is 259 Å². The zero-order chi connectivity index (χ0) is 104. The van der Waals surface area contributed by atoms with Crippen LogP contribution in [0.5, 0.6) is 0 Å². The maximum atomic E-state index is 12.7. The molecular formula is C101H140Br4N14O19Si. The molecule has 3 aliphatic heterocycles. The number of carboxylic acid groups (broad SMARTS) is 1. The summed E-state index contributed by atoms with van der Waals surface area (Å²) < 4.78 is 26.4. The summed E-state index contributed by atoms with van der Waals surface area (Å²) in [6, 6.07) is 32.1. The first-order valence-electron chi connectivity index (χ1n) is 46.5. The molecule has 0 bridgehead atoms. The number of aliphatic hydroxyl groups excluding tert-OH is 2. The first-order valence-corrected chi connectivity index (χ1v) is 52.5. The minimum absolute atomic E-state index is 0.0144. The van der Waals surface area contributed by atoms with Gasteiger partial charge in [0.05, 0.1) is 40.7 Å². The number of nitrogens with one attached hydrogen (secondary N) is 6. The van der Waals surface area contributed by atoms with Gasteiger partial charge in [-0.15, -0.1) is 0 Å². The Balaban J connectivity index is 0.000000333. The number of carbonyl (C=O) groups is 7. The molecule has 7 aromatic heterocycles. The second-order valence-electron chi connectivity index (χ2n) is 36.5. The van der Waals surface area contributed by atoms with Crippen molar-refractivity contribution in [1.29, 1.82) is 0 Å². The van der Waals surface area contributed by atoms with Gasteiger partial charge in [-0.25, -0.2) is 34.3 Å². The zero-order valence-electron chi connectivity index (χ0n) is 83.4. The van der Waals surface area contributed by atoms with E-state index in [1.165, 1.54) is 55.3 Å². The molecule has 33 nitrogen and oxygen atoms in total. The molecule has 0 atom stereocenters. The number of nitrogens with zero attached hydrogens (tertiary/aromatic N) is 7. The number of Topliss-reactive ketones (excluding diaryl/α,β-unsaturated/α-hetero) is 4. The first-order chi connectivity index (χ1) is 65.5. The number of amides is 2. The summed E-state index contributed by atoms with van der Waals surface area (Å²) in [5, 5.41) is 35.6. The van der Waals surface area contributed by atoms with Crippen molar-refractivity contribution in [2.75, 3.05) is 62.1 Å². The Bertz CT molecular complexity index is 5710. The van der Waals surface area contributed by atoms with Gasteiger partial charge in [0.15, 0.2) is 37.3 Å². The Morgan fingerprint density at radius 2 is 0.950 bits per heavy atom. The van der Waals surface area contributed by atoms with E-state index >= 15 is 0 Å². The Morgan fingerprint density at radius 3 is 1.37 bits per heavy atom. The first kappa shape index (κ1) is 121. The van der Waals surface area contributed by atoms with Crippen molar-refractivity contribution < 1.29 is 67.5 Å². The number of hydrogen-bond donors (Lipinski definition) is 10. The molecule has 11 N–H and O–H groups in total. The highest BCUT2D eigenvalue weighted by Crippen LogP contribution is 2.37. The molecule has 3 aliphatic rings. The highest BCUT2D eigenvalue weighted by molar-refractivity contribution is 9.11. The second-order valence-corrected chi connectivity index (χ2v) is 44.8. The highest BCUT2D eigenvalue weighted by atomic mass is 79.9. The van der Waals surface area contributed by atoms with Gasteiger partial charge in [0.25, 0.3) is 27.8 Å². The summed E-state index contributed by atoms with van der Waals surface area (Å²) in [5.74, 6) is -0.416. The number of imide groups is 1. The molecule has 2 amide bonds. The zero-order valence-corrected chi connectivity index (χ0v) is 90.7. The van der Waals surface area contributed by atoms with Crippen LogP contribution in [0, 0.1) is 41.5 Å². The Labute approximate surface area is 848 Å². The van der Waals surface area contributed by atoms with Crippen LogP contribution >= 0.6 is 63.7 Å². The van der Waals surface area contributed by atoms with Gasteiger partial charge < -0.3 is 79.7 Å². The molecule has 9 aromatic rings. The Morgan fingerprint density at radius 1 is 0.518 bits per heavy atom. The largest absolute Gasteiger partial charge is 0.477 e. The fourth-order valence-electron chi connectivity index (χ4n) is 13.0. The monoisotopic (exact) mass is 2200 g/mol. The Hall–Kier alpha value is -10.3. The van der Waals surface area contributed by atoms with E-state index in [1.807, 2.05) is 45.9 Å². The molecular weight excluding hydrogens is 2060 g/mol. The summed E-state index contributed by atoms with van der Waals surface area (Å²) in [5.41, 5.74) is 12.3. The molecule has 0 unspecified atom stereocenters. The van der Waals surface area contributed by atoms with Crippen LogP contribution in [0.2, 0.25) is 18.1 Å². The number of ketones is 4. The number of nitrogen functional groups attached to an aromatic ring is 1. The fraction of sp³-hybridized carbons (Fsp3) is 0.485. The smallest absolute Gasteiger partial charge is 0.425 e. The summed E-state index contributed by atoms with van der Waals surface area (Å²) in [6.07, 6.45) is 14.9. The van der Waals surface area contributed by atoms with Crippen molar-refractivity contribution in [2.24, 2.45) is 0 Å². The SMILES string of the molecule is C1CCOC1.CC(C)(C)OC(=O)N(C(=O)OC(C)(C)C)c1cc(N)ncn1.CCCCNCc1ccccc1.Cc1cc(Br)c(=O)[nH]c1C(=O)CCCCO.Cc1cc(Br)c(=O)[nH]c1C(=O)CCCCO[Si](C)(C)C(C)(C)C.Cc1cc(Br)c(=O)[nH]c1C(=O)O.Cc1cc(Br)c(=O)n2c1C(=O)CCCC2.Cc1cc(Nc2cc(C)c3n(c2=O)CCCCC3=O)ncn1.OCCCNCc1ccccc1. The van der Waals surface area contributed by atoms with E-state index in [0.717, 1.165) is 119 Å². The van der Waals surface area contributed by atoms with E-state index in [1.54, 1.807) is 94.9 Å². The number of anilines is 4. The number of carboxylic acids is 1. The molecule has 0 spiro atoms. The van der Waals surface area contributed by atoms with E-state index in [2.05, 4.69) is 198 Å². The topological polar surface area (TPSA) is 477 Å². The van der Waals surface area contributed by atoms with Crippen molar-refractivity contribution in [3.63, 3.8) is 0 Å². The predicted molar refractivity (Wildman–Crippen MR) is 561 cm³/mol. The number of aryl methyl sites for hydroxylation is 6. The van der Waals surface area contributed by atoms with Gasteiger partial charge in [0, 0.05) is 103 Å². The quantitative estimate of drug-likeness (QED) is 0.0137. The van der Waals surface area contributed by atoms with E-state index in [9.17, 15) is 57.5 Å². The number of nitrogens with two attached hydrogens (primary N) is 1. The van der Waals surface area contributed by atoms with Crippen LogP contribution < -0.4 is 54.4 Å². The number of halogens is 4. The minimum atomic E-state index is -1.71. The molecule has 760 valence electrons. The van der Waals surface area contributed by atoms with Gasteiger partial charge in [-0.2, -0.15) is 4.90 Å². The third-order valence-electron chi connectivity index (χ3n) is 21.3. The molecule has 0 aliphatic carbocycles. The number of fused-ring (bicyclic) bond motifs is 2. The lowest BCUT2D eigenvalue weighted by Crippen LogP contribution is -2.44. The third kappa shape index (κ3) is 44.2. The van der Waals surface area contributed by atoms with Gasteiger partial charge in [-0.05, 0) is 324 Å². The summed E-state index contributed by atoms with van der Waals surface area (Å²) >= 11 is 12.5. The van der Waals surface area contributed by atoms with E-state index in [0.29, 0.717) is 121 Å². The number of aliphatic hydroxyl groups is 2. The predicted octanol–water partition coefficient (Wildman–Crippen LogP) is 19.7. The third-order valence-corrected chi connectivity index (χ3v) is 28.1. The molecule has 12 rings (SSSR count). The van der Waals surface area contributed by atoms with E-state index in [-0.39, 0.29) is 81.0 Å². The van der Waals surface area contributed by atoms with Crippen LogP contribution in [-0.2, 0) is 44.8 Å². The number of pyridine rings is 5. The number of carbonyl (C=O) groups excluding carboxylic acids is 6. The van der Waals surface area contributed by atoms with Crippen molar-refractivity contribution in [2.45, 2.75) is 275 Å². The highest BCUT2D eigenvalue weighted by Gasteiger charge is 2.37. The number of H-pyrrole nitrogens is 3. The Kier molecular flexibility index (Phi) is 53.5. The number of aromatic carboxylic acids is 1. The van der Waals surface area contributed by atoms with Gasteiger partial charge in [0.1, 0.15) is 46.9 Å². The minimum Gasteiger partial charge on any atom is -0.477 e. The summed E-state index contributed by atoms with van der Waals surface area (Å²) in [4.78, 5) is 165. The maximum absolute atomic E-state index is 12.7. The molecule has 0 radical (unpaired) electrons. The van der Waals surface area contributed by atoms with Crippen LogP contribution in [0.3, 0.4) is 0 Å². The van der Waals surface area contributed by atoms with Gasteiger partial charge in [-0.1, -0.05) is 94.8 Å². The van der Waals surface area contributed by atoms with E-state index < -0.39 is 43.2 Å². The average Bonchev–Trinajstić information content (AvgIpc) is 1.77. The van der Waals surface area contributed by atoms with Crippen molar-refractivity contribution in [3.8, 4) is 0 Å². The van der Waals surface area contributed by atoms with E-state index in [4.69, 9.17) is 39.7 Å². The average molecular weight is 2200 g/mol. The van der Waals surface area contributed by atoms with Crippen molar-refractivity contribution in [1.82, 2.24) is 54.7 Å². The van der Waals surface area contributed by atoms with Crippen molar-refractivity contribution >= 4 is 136 Å². The molecule has 38 heteroatoms. The lowest BCUT2D eigenvalue weighted by molar-refractivity contribution is 0.0426. The van der Waals surface area contributed by atoms with Crippen LogP contribution in [0.1, 0.15) is 275 Å². The second kappa shape index (κ2) is 61.4. The van der Waals surface area contributed by atoms with Crippen LogP contribution in [0.15, 0.2) is 158 Å². The van der Waals surface area contributed by atoms with Gasteiger partial charge in [0.2, 0.25) is 0 Å². The number of hydrogen-bond acceptors (Lipinski definition) is 26. The number of rotatable bonds is 26. The maximum Gasteiger partial charge on any atom is 0.425 e. The number of benzene rings is 2. The standard InChI is InChI=1S/C17H28BrNO3Si.C16H18N4O2.C14H22N4O4.C11H14BrNO3.C11H12BrNO2.C11H17N.C10H15NO.C7H6BrNO3.C4H8O/c1-12-11-13(18)16(21)19-15(12)14(20)9-7-8-10-22-23(5,6)17(2,3)4;1-10-7-12(19-14-8-11(2)17-9-18-14)16(22)20-6-4-3-5-13(21)15(10)20;1-13(2,3)21-11(19)18(12(20)22-14(4,5)6)10-7-9(15)16-8-17-10;1-7-6-8(12)11(16)13-10(7)9(15)4-2-3-5-14;1-7-6-8(12)11(15)13-5-3-2-4-9(14)10(7)13;1-2-3-9-12-10-11-7-5-4-6-8-11;12-8-4-7-11-9-10-5-2-1-3-6-10;1-3-2-4(8)6(10)9-5(3)7(11)12;1-2-4-5-3-1/h11H,7-10H2,1-6H3,(H,19,21);7-9H,3-6H2,1-2H3,(H,17,18,19);7-8H,1-6H3,(H2,15,16,17);6,14H,2-5H2,1H3,(H,13,16);6H,2-5H2,1H3;4-8,12H,2-3,9-10H2,1H3;1-3,5-6,11-12H,4,7-9H2;2H,1H3,(H,9,10)(H,11,12);1-4H2. The molecule has 1 saturated heterocycles. The van der Waals surface area contributed by atoms with Gasteiger partial charge >= 0.3 is 18.2 Å². The number of unbranched alkanes of at least 4 members (excludes halogenated alkanes) is 3. The summed E-state index contributed by atoms with van der Waals surface area (Å²) in [7, 11) is -1.71. The number of aromatic amines is 3.